The number of rotatable bonds is 2. The zero-order chi connectivity index (χ0) is 25.2. The Morgan fingerprint density at radius 2 is 2.03 bits per heavy atom. The first kappa shape index (κ1) is 22.7. The molecule has 7 atom stereocenters. The van der Waals surface area contributed by atoms with E-state index >= 15 is 0 Å². The number of hydrogen-bond acceptors (Lipinski definition) is 6. The average molecular weight is 489 g/mol. The normalized spacial score (nSPS) is 41.3. The fourth-order valence-corrected chi connectivity index (χ4v) is 8.65. The highest BCUT2D eigenvalue weighted by molar-refractivity contribution is 5.92. The standard InChI is InChI=1S/C29H36N4O3/c1-15-13-27(2)18(16-5-7-21-17(11-16)26(30)32-31-21)6-8-23(27)29-10-9-28(36-29)14-22(33(3)4)25(35)24(34)20(28)12-19(15)29/h5-7,11-12,22-25,34-35H,8-10,13-14H2,1-4H3,(H3,30,31,32). The molecule has 0 amide bonds. The number of aromatic nitrogens is 2. The summed E-state index contributed by atoms with van der Waals surface area (Å²) in [5.74, 6) is 0.849. The Kier molecular flexibility index (Phi) is 4.48. The molecule has 2 fully saturated rings. The second-order valence-corrected chi connectivity index (χ2v) is 12.3. The lowest BCUT2D eigenvalue weighted by atomic mass is 9.56. The Labute approximate surface area is 211 Å². The predicted octanol–water partition coefficient (Wildman–Crippen LogP) is 3.56. The fraction of sp³-hybridized carbons (Fsp3) is 0.552. The summed E-state index contributed by atoms with van der Waals surface area (Å²) in [4.78, 5) is 2.03. The van der Waals surface area contributed by atoms with Crippen molar-refractivity contribution in [3.63, 3.8) is 0 Å². The number of aliphatic hydroxyl groups excluding tert-OH is 2. The Balaban J connectivity index is 1.33. The first-order chi connectivity index (χ1) is 17.1. The van der Waals surface area contributed by atoms with E-state index in [0.29, 0.717) is 18.2 Å². The number of aromatic amines is 1. The van der Waals surface area contributed by atoms with E-state index in [9.17, 15) is 10.2 Å². The highest BCUT2D eigenvalue weighted by atomic mass is 16.5. The lowest BCUT2D eigenvalue weighted by Gasteiger charge is -2.56. The van der Waals surface area contributed by atoms with E-state index in [0.717, 1.165) is 42.2 Å². The third-order valence-electron chi connectivity index (χ3n) is 10.3. The molecule has 1 aromatic carbocycles. The number of benzene rings is 1. The minimum atomic E-state index is -0.903. The summed E-state index contributed by atoms with van der Waals surface area (Å²) < 4.78 is 7.30. The van der Waals surface area contributed by atoms with Gasteiger partial charge in [-0.15, -0.1) is 0 Å². The van der Waals surface area contributed by atoms with Crippen molar-refractivity contribution in [3.05, 3.63) is 52.6 Å². The van der Waals surface area contributed by atoms with E-state index in [2.05, 4.69) is 54.4 Å². The van der Waals surface area contributed by atoms with Crippen LogP contribution in [-0.2, 0) is 4.74 Å². The van der Waals surface area contributed by atoms with Gasteiger partial charge in [0.25, 0.3) is 0 Å². The van der Waals surface area contributed by atoms with Gasteiger partial charge in [-0.25, -0.2) is 0 Å². The maximum absolute atomic E-state index is 11.2. The largest absolute Gasteiger partial charge is 0.388 e. The molecule has 3 aliphatic carbocycles. The molecule has 190 valence electrons. The van der Waals surface area contributed by atoms with E-state index in [-0.39, 0.29) is 17.1 Å². The van der Waals surface area contributed by atoms with Crippen molar-refractivity contribution in [2.24, 2.45) is 11.3 Å². The van der Waals surface area contributed by atoms with Crippen LogP contribution in [0, 0.1) is 11.3 Å². The van der Waals surface area contributed by atoms with Gasteiger partial charge in [-0.05, 0) is 87.5 Å². The number of ether oxygens (including phenoxy) is 1. The molecule has 36 heavy (non-hydrogen) atoms. The number of fused-ring (bicyclic) bond motifs is 2. The van der Waals surface area contributed by atoms with Crippen molar-refractivity contribution in [2.45, 2.75) is 75.4 Å². The van der Waals surface area contributed by atoms with Crippen LogP contribution < -0.4 is 5.73 Å². The zero-order valence-corrected chi connectivity index (χ0v) is 21.5. The number of H-pyrrole nitrogens is 1. The highest BCUT2D eigenvalue weighted by Crippen LogP contribution is 2.69. The summed E-state index contributed by atoms with van der Waals surface area (Å²) >= 11 is 0. The van der Waals surface area contributed by atoms with Crippen LogP contribution in [0.25, 0.3) is 16.5 Å². The number of allylic oxidation sites excluding steroid dienone is 3. The summed E-state index contributed by atoms with van der Waals surface area (Å²) in [5.41, 5.74) is 12.2. The van der Waals surface area contributed by atoms with Crippen LogP contribution in [0.3, 0.4) is 0 Å². The molecule has 2 spiro atoms. The number of hydrogen-bond donors (Lipinski definition) is 4. The van der Waals surface area contributed by atoms with Gasteiger partial charge in [0.1, 0.15) is 6.10 Å². The molecule has 7 rings (SSSR count). The number of aliphatic hydroxyl groups is 2. The third-order valence-corrected chi connectivity index (χ3v) is 10.3. The molecular weight excluding hydrogens is 452 g/mol. The van der Waals surface area contributed by atoms with Gasteiger partial charge in [-0.2, -0.15) is 5.10 Å². The minimum absolute atomic E-state index is 0.0651. The molecule has 2 aliphatic heterocycles. The topological polar surface area (TPSA) is 108 Å². The van der Waals surface area contributed by atoms with Crippen molar-refractivity contribution in [1.29, 1.82) is 0 Å². The Morgan fingerprint density at radius 1 is 1.22 bits per heavy atom. The van der Waals surface area contributed by atoms with Crippen LogP contribution in [-0.4, -0.2) is 68.9 Å². The number of likely N-dealkylation sites (N-methyl/N-ethyl adjacent to an activating group) is 1. The summed E-state index contributed by atoms with van der Waals surface area (Å²) in [7, 11) is 3.95. The van der Waals surface area contributed by atoms with Crippen molar-refractivity contribution in [1.82, 2.24) is 15.1 Å². The van der Waals surface area contributed by atoms with Gasteiger partial charge >= 0.3 is 0 Å². The van der Waals surface area contributed by atoms with Crippen molar-refractivity contribution in [3.8, 4) is 0 Å². The van der Waals surface area contributed by atoms with E-state index in [1.54, 1.807) is 0 Å². The molecule has 1 aromatic heterocycles. The summed E-state index contributed by atoms with van der Waals surface area (Å²) in [5, 5.41) is 30.3. The molecule has 5 N–H and O–H groups in total. The van der Waals surface area contributed by atoms with Crippen LogP contribution in [0.15, 0.2) is 47.1 Å². The van der Waals surface area contributed by atoms with Crippen LogP contribution in [0.5, 0.6) is 0 Å². The van der Waals surface area contributed by atoms with E-state index < -0.39 is 17.8 Å². The van der Waals surface area contributed by atoms with Crippen molar-refractivity contribution >= 4 is 22.3 Å². The van der Waals surface area contributed by atoms with Gasteiger partial charge in [0.2, 0.25) is 0 Å². The van der Waals surface area contributed by atoms with Gasteiger partial charge in [0.05, 0.1) is 22.8 Å². The van der Waals surface area contributed by atoms with Gasteiger partial charge in [-0.3, -0.25) is 5.10 Å². The van der Waals surface area contributed by atoms with Gasteiger partial charge in [0.15, 0.2) is 5.82 Å². The molecule has 7 nitrogen and oxygen atoms in total. The predicted molar refractivity (Wildman–Crippen MR) is 140 cm³/mol. The molecule has 2 bridgehead atoms. The summed E-state index contributed by atoms with van der Waals surface area (Å²) in [6, 6.07) is 6.30. The lowest BCUT2D eigenvalue weighted by molar-refractivity contribution is -0.162. The summed E-state index contributed by atoms with van der Waals surface area (Å²) in [6.07, 6.45) is 7.36. The highest BCUT2D eigenvalue weighted by Gasteiger charge is 2.68. The average Bonchev–Trinajstić information content (AvgIpc) is 3.48. The summed E-state index contributed by atoms with van der Waals surface area (Å²) in [6.45, 7) is 4.63. The molecule has 0 radical (unpaired) electrons. The number of nitrogens with two attached hydrogens (primary N) is 1. The zero-order valence-electron chi connectivity index (χ0n) is 21.5. The maximum Gasteiger partial charge on any atom is 0.153 e. The van der Waals surface area contributed by atoms with Crippen LogP contribution in [0.4, 0.5) is 5.82 Å². The van der Waals surface area contributed by atoms with Crippen molar-refractivity contribution in [2.75, 3.05) is 19.8 Å². The quantitative estimate of drug-likeness (QED) is 0.515. The van der Waals surface area contributed by atoms with Crippen LogP contribution in [0.2, 0.25) is 0 Å². The van der Waals surface area contributed by atoms with E-state index in [1.165, 1.54) is 22.3 Å². The van der Waals surface area contributed by atoms with Crippen LogP contribution in [0.1, 0.15) is 51.5 Å². The Hall–Kier alpha value is -2.45. The first-order valence-electron chi connectivity index (χ1n) is 13.2. The van der Waals surface area contributed by atoms with Gasteiger partial charge < -0.3 is 25.6 Å². The SMILES string of the molecule is CC1=C2C=C3C(O)C(O)C(N(C)C)CC34CCC2(O4)C2CC=C(c3ccc4[nH]nc(N)c4c3)C2(C)C1. The molecule has 7 unspecified atom stereocenters. The lowest BCUT2D eigenvalue weighted by Crippen LogP contribution is -2.62. The minimum Gasteiger partial charge on any atom is -0.388 e. The Bertz CT molecular complexity index is 1390. The fourth-order valence-electron chi connectivity index (χ4n) is 8.65. The molecular formula is C29H36N4O3. The molecule has 2 aromatic rings. The number of nitrogens with zero attached hydrogens (tertiary/aromatic N) is 2. The van der Waals surface area contributed by atoms with E-state index in [1.807, 2.05) is 19.0 Å². The molecule has 1 saturated carbocycles. The van der Waals surface area contributed by atoms with Crippen molar-refractivity contribution < 1.29 is 14.9 Å². The molecule has 7 heteroatoms. The molecule has 5 aliphatic rings. The monoisotopic (exact) mass is 488 g/mol. The van der Waals surface area contributed by atoms with Crippen LogP contribution >= 0.6 is 0 Å². The second kappa shape index (κ2) is 7.10. The van der Waals surface area contributed by atoms with Gasteiger partial charge in [-0.1, -0.05) is 30.7 Å². The number of nitrogen functional groups attached to an aromatic ring is 1. The number of nitrogens with one attached hydrogen (secondary N) is 1. The number of anilines is 1. The first-order valence-corrected chi connectivity index (χ1v) is 13.2. The second-order valence-electron chi connectivity index (χ2n) is 12.3. The van der Waals surface area contributed by atoms with E-state index in [4.69, 9.17) is 10.5 Å². The maximum atomic E-state index is 11.2. The Morgan fingerprint density at radius 3 is 2.81 bits per heavy atom. The smallest absolute Gasteiger partial charge is 0.153 e. The molecule has 1 saturated heterocycles. The molecule has 3 heterocycles. The van der Waals surface area contributed by atoms with Gasteiger partial charge in [0, 0.05) is 22.8 Å². The third kappa shape index (κ3) is 2.64.